The molecule has 6 heteroatoms. The van der Waals surface area contributed by atoms with Crippen molar-refractivity contribution in [3.05, 3.63) is 88.8 Å². The van der Waals surface area contributed by atoms with Crippen molar-refractivity contribution in [3.8, 4) is 16.5 Å². The second kappa shape index (κ2) is 8.39. The predicted molar refractivity (Wildman–Crippen MR) is 102 cm³/mol. The lowest BCUT2D eigenvalue weighted by atomic mass is 10.1. The van der Waals surface area contributed by atoms with E-state index in [1.165, 1.54) is 17.4 Å². The molecule has 0 spiro atoms. The molecule has 134 valence electrons. The Hall–Kier alpha value is -3.30. The molecule has 3 aromatic rings. The third-order valence-corrected chi connectivity index (χ3v) is 4.87. The van der Waals surface area contributed by atoms with E-state index in [0.717, 1.165) is 27.5 Å². The van der Waals surface area contributed by atoms with Crippen molar-refractivity contribution >= 4 is 23.3 Å². The highest BCUT2D eigenvalue weighted by atomic mass is 32.1. The molecule has 0 aliphatic rings. The largest absolute Gasteiger partial charge is 0.333 e. The molecular weight excluding hydrogens is 366 g/mol. The number of hydrogen-bond acceptors (Lipinski definition) is 3. The Morgan fingerprint density at radius 2 is 1.89 bits per heavy atom. The van der Waals surface area contributed by atoms with E-state index in [9.17, 15) is 18.8 Å². The summed E-state index contributed by atoms with van der Waals surface area (Å²) in [4.78, 5) is 14.0. The van der Waals surface area contributed by atoms with Gasteiger partial charge in [0.1, 0.15) is 17.7 Å². The van der Waals surface area contributed by atoms with E-state index < -0.39 is 23.6 Å². The van der Waals surface area contributed by atoms with Gasteiger partial charge in [-0.15, -0.1) is 11.3 Å². The molecule has 0 radical (unpaired) electrons. The summed E-state index contributed by atoms with van der Waals surface area (Å²) in [7, 11) is 0. The first kappa shape index (κ1) is 18.5. The first-order chi connectivity index (χ1) is 13.1. The molecule has 1 atom stereocenters. The van der Waals surface area contributed by atoms with Gasteiger partial charge in [-0.3, -0.25) is 4.79 Å². The number of amides is 1. The molecule has 0 fully saturated rings. The lowest BCUT2D eigenvalue weighted by molar-refractivity contribution is -0.116. The van der Waals surface area contributed by atoms with Gasteiger partial charge in [-0.2, -0.15) is 5.26 Å². The maximum Gasteiger partial charge on any atom is 0.245 e. The first-order valence-electron chi connectivity index (χ1n) is 8.05. The van der Waals surface area contributed by atoms with Crippen LogP contribution in [0.3, 0.4) is 0 Å². The molecule has 2 aromatic carbocycles. The van der Waals surface area contributed by atoms with E-state index >= 15 is 0 Å². The van der Waals surface area contributed by atoms with E-state index in [1.54, 1.807) is 6.08 Å². The predicted octanol–water partition coefficient (Wildman–Crippen LogP) is 5.09. The maximum atomic E-state index is 13.8. The van der Waals surface area contributed by atoms with Crippen molar-refractivity contribution in [3.63, 3.8) is 0 Å². The van der Waals surface area contributed by atoms with Gasteiger partial charge in [0.15, 0.2) is 0 Å². The fraction of sp³-hybridized carbons (Fsp3) is 0.0476. The number of benzene rings is 2. The summed E-state index contributed by atoms with van der Waals surface area (Å²) < 4.78 is 26.8. The normalized spacial score (nSPS) is 11.9. The molecule has 0 bridgehead atoms. The minimum Gasteiger partial charge on any atom is -0.333 e. The fourth-order valence-corrected chi connectivity index (χ4v) is 3.38. The van der Waals surface area contributed by atoms with Crippen LogP contribution in [-0.2, 0) is 4.79 Å². The monoisotopic (exact) mass is 380 g/mol. The van der Waals surface area contributed by atoms with E-state index in [-0.39, 0.29) is 5.56 Å². The summed E-state index contributed by atoms with van der Waals surface area (Å²) in [5.74, 6) is -2.16. The SMILES string of the molecule is N#CC(NC(=O)/C=C/c1ccc(-c2ccccc2)s1)c1ccc(F)cc1F. The second-order valence-corrected chi connectivity index (χ2v) is 6.75. The van der Waals surface area contributed by atoms with Crippen LogP contribution in [-0.4, -0.2) is 5.91 Å². The van der Waals surface area contributed by atoms with Crippen molar-refractivity contribution in [2.24, 2.45) is 0 Å². The van der Waals surface area contributed by atoms with Crippen molar-refractivity contribution in [1.82, 2.24) is 5.32 Å². The van der Waals surface area contributed by atoms with Crippen LogP contribution in [0.1, 0.15) is 16.5 Å². The molecule has 0 saturated carbocycles. The summed E-state index contributed by atoms with van der Waals surface area (Å²) in [5.41, 5.74) is 1.01. The lowest BCUT2D eigenvalue weighted by Gasteiger charge is -2.11. The number of nitrogens with zero attached hydrogens (tertiary/aromatic N) is 1. The lowest BCUT2D eigenvalue weighted by Crippen LogP contribution is -2.26. The van der Waals surface area contributed by atoms with Crippen LogP contribution in [0.5, 0.6) is 0 Å². The minimum absolute atomic E-state index is 0.0804. The van der Waals surface area contributed by atoms with Gasteiger partial charge in [-0.1, -0.05) is 36.4 Å². The topological polar surface area (TPSA) is 52.9 Å². The Morgan fingerprint density at radius 3 is 2.59 bits per heavy atom. The van der Waals surface area contributed by atoms with Crippen LogP contribution in [0.25, 0.3) is 16.5 Å². The van der Waals surface area contributed by atoms with Crippen molar-refractivity contribution in [1.29, 1.82) is 5.26 Å². The number of thiophene rings is 1. The summed E-state index contributed by atoms with van der Waals surface area (Å²) in [6, 6.07) is 17.2. The standard InChI is InChI=1S/C21H14F2N2OS/c22-15-6-9-17(18(23)12-15)19(13-24)25-21(26)11-8-16-7-10-20(27-16)14-4-2-1-3-5-14/h1-12,19H,(H,25,26)/b11-8+. The van der Waals surface area contributed by atoms with Crippen molar-refractivity contribution in [2.75, 3.05) is 0 Å². The Morgan fingerprint density at radius 1 is 1.11 bits per heavy atom. The Bertz CT molecular complexity index is 1020. The van der Waals surface area contributed by atoms with Crippen LogP contribution >= 0.6 is 11.3 Å². The fourth-order valence-electron chi connectivity index (χ4n) is 2.46. The summed E-state index contributed by atoms with van der Waals surface area (Å²) in [6.45, 7) is 0. The first-order valence-corrected chi connectivity index (χ1v) is 8.87. The minimum atomic E-state index is -1.20. The van der Waals surface area contributed by atoms with Gasteiger partial charge < -0.3 is 5.32 Å². The molecule has 1 heterocycles. The highest BCUT2D eigenvalue weighted by Crippen LogP contribution is 2.28. The third kappa shape index (κ3) is 4.66. The Kier molecular flexibility index (Phi) is 5.74. The number of rotatable bonds is 5. The number of halogens is 2. The van der Waals surface area contributed by atoms with E-state index in [2.05, 4.69) is 5.32 Å². The summed E-state index contributed by atoms with van der Waals surface area (Å²) in [5, 5.41) is 11.6. The van der Waals surface area contributed by atoms with E-state index in [4.69, 9.17) is 0 Å². The molecule has 1 unspecified atom stereocenters. The highest BCUT2D eigenvalue weighted by Gasteiger charge is 2.17. The Balaban J connectivity index is 1.68. The number of carbonyl (C=O) groups is 1. The molecule has 0 aliphatic carbocycles. The van der Waals surface area contributed by atoms with Crippen LogP contribution in [0.15, 0.2) is 66.7 Å². The van der Waals surface area contributed by atoms with Crippen LogP contribution in [0, 0.1) is 23.0 Å². The van der Waals surface area contributed by atoms with E-state index in [0.29, 0.717) is 6.07 Å². The Labute approximate surface area is 159 Å². The number of carbonyl (C=O) groups excluding carboxylic acids is 1. The maximum absolute atomic E-state index is 13.8. The van der Waals surface area contributed by atoms with E-state index in [1.807, 2.05) is 48.5 Å². The van der Waals surface area contributed by atoms with Gasteiger partial charge >= 0.3 is 0 Å². The molecule has 3 rings (SSSR count). The molecule has 0 aliphatic heterocycles. The van der Waals surface area contributed by atoms with Gasteiger partial charge in [0.05, 0.1) is 6.07 Å². The molecule has 1 N–H and O–H groups in total. The zero-order chi connectivity index (χ0) is 19.2. The average molecular weight is 380 g/mol. The molecular formula is C21H14F2N2OS. The van der Waals surface area contributed by atoms with Crippen molar-refractivity contribution in [2.45, 2.75) is 6.04 Å². The molecule has 1 amide bonds. The van der Waals surface area contributed by atoms with Gasteiger partial charge in [0, 0.05) is 27.5 Å². The van der Waals surface area contributed by atoms with Crippen molar-refractivity contribution < 1.29 is 13.6 Å². The number of nitriles is 1. The second-order valence-electron chi connectivity index (χ2n) is 5.64. The highest BCUT2D eigenvalue weighted by molar-refractivity contribution is 7.16. The van der Waals surface area contributed by atoms with Gasteiger partial charge in [0.25, 0.3) is 0 Å². The third-order valence-electron chi connectivity index (χ3n) is 3.77. The van der Waals surface area contributed by atoms with Crippen LogP contribution in [0.4, 0.5) is 8.78 Å². The molecule has 27 heavy (non-hydrogen) atoms. The average Bonchev–Trinajstić information content (AvgIpc) is 3.15. The van der Waals surface area contributed by atoms with Crippen LogP contribution in [0.2, 0.25) is 0 Å². The quantitative estimate of drug-likeness (QED) is 0.627. The number of hydrogen-bond donors (Lipinski definition) is 1. The summed E-state index contributed by atoms with van der Waals surface area (Å²) >= 11 is 1.52. The number of nitrogens with one attached hydrogen (secondary N) is 1. The zero-order valence-electron chi connectivity index (χ0n) is 14.0. The molecule has 3 nitrogen and oxygen atoms in total. The molecule has 0 saturated heterocycles. The summed E-state index contributed by atoms with van der Waals surface area (Å²) in [6.07, 6.45) is 2.91. The van der Waals surface area contributed by atoms with Gasteiger partial charge in [-0.05, 0) is 29.8 Å². The van der Waals surface area contributed by atoms with Crippen LogP contribution < -0.4 is 5.32 Å². The zero-order valence-corrected chi connectivity index (χ0v) is 14.8. The smallest absolute Gasteiger partial charge is 0.245 e. The van der Waals surface area contributed by atoms with Gasteiger partial charge in [0.2, 0.25) is 5.91 Å². The molecule has 1 aromatic heterocycles. The van der Waals surface area contributed by atoms with Gasteiger partial charge in [-0.25, -0.2) is 8.78 Å².